The molecule has 1 N–H and O–H groups in total. The summed E-state index contributed by atoms with van der Waals surface area (Å²) in [5.74, 6) is -0.227. The summed E-state index contributed by atoms with van der Waals surface area (Å²) >= 11 is 0. The van der Waals surface area contributed by atoms with Gasteiger partial charge in [0.15, 0.2) is 0 Å². The molecular weight excluding hydrogens is 276 g/mol. The average Bonchev–Trinajstić information content (AvgIpc) is 2.49. The molecule has 0 aromatic rings. The molecule has 0 fully saturated rings. The van der Waals surface area contributed by atoms with Crippen LogP contribution >= 0.6 is 0 Å². The highest BCUT2D eigenvalue weighted by Gasteiger charge is 2.01. The Morgan fingerprint density at radius 3 is 1.36 bits per heavy atom. The molecular formula is C19H36O3. The van der Waals surface area contributed by atoms with Crippen LogP contribution < -0.4 is 0 Å². The zero-order valence-corrected chi connectivity index (χ0v) is 14.6. The lowest BCUT2D eigenvalue weighted by Gasteiger charge is -2.03. The number of Topliss-reactive ketones (excluding diaryl/α,β-unsaturated/α-hetero) is 1. The Hall–Kier alpha value is -0.860. The van der Waals surface area contributed by atoms with Gasteiger partial charge in [0.2, 0.25) is 0 Å². The van der Waals surface area contributed by atoms with E-state index in [1.165, 1.54) is 51.4 Å². The summed E-state index contributed by atoms with van der Waals surface area (Å²) in [6.45, 7) is 2.19. The number of ketones is 1. The second-order valence-electron chi connectivity index (χ2n) is 6.43. The van der Waals surface area contributed by atoms with Gasteiger partial charge in [0, 0.05) is 19.3 Å². The quantitative estimate of drug-likeness (QED) is 0.340. The van der Waals surface area contributed by atoms with Crippen LogP contribution in [0.4, 0.5) is 0 Å². The molecule has 0 aromatic carbocycles. The van der Waals surface area contributed by atoms with Crippen molar-refractivity contribution in [2.24, 2.45) is 0 Å². The summed E-state index contributed by atoms with van der Waals surface area (Å²) in [5.41, 5.74) is 0. The Balaban J connectivity index is 3.13. The van der Waals surface area contributed by atoms with E-state index >= 15 is 0 Å². The molecule has 0 rings (SSSR count). The summed E-state index contributed by atoms with van der Waals surface area (Å²) in [6, 6.07) is 0. The first-order valence-corrected chi connectivity index (χ1v) is 9.40. The van der Waals surface area contributed by atoms with E-state index in [0.29, 0.717) is 12.2 Å². The Morgan fingerprint density at radius 2 is 0.955 bits per heavy atom. The van der Waals surface area contributed by atoms with Gasteiger partial charge in [-0.15, -0.1) is 0 Å². The number of carbonyl (C=O) groups is 2. The molecule has 3 nitrogen and oxygen atoms in total. The highest BCUT2D eigenvalue weighted by Crippen LogP contribution is 2.12. The molecule has 0 aromatic heterocycles. The van der Waals surface area contributed by atoms with Crippen molar-refractivity contribution in [2.75, 3.05) is 0 Å². The molecule has 0 aliphatic rings. The number of carboxylic acids is 1. The van der Waals surface area contributed by atoms with Crippen molar-refractivity contribution < 1.29 is 14.7 Å². The zero-order chi connectivity index (χ0) is 16.5. The van der Waals surface area contributed by atoms with Gasteiger partial charge in [0.25, 0.3) is 0 Å². The normalized spacial score (nSPS) is 10.8. The summed E-state index contributed by atoms with van der Waals surface area (Å²) < 4.78 is 0. The standard InChI is InChI=1S/C19H36O3/c1-2-3-4-12-15-18(20)16-13-10-8-6-5-7-9-11-14-17-19(21)22/h2-17H2,1H3,(H,21,22). The van der Waals surface area contributed by atoms with E-state index in [1.807, 2.05) is 0 Å². The molecule has 22 heavy (non-hydrogen) atoms. The SMILES string of the molecule is CCCCCCC(=O)CCCCCCCCCCCC(=O)O. The largest absolute Gasteiger partial charge is 0.481 e. The van der Waals surface area contributed by atoms with Crippen molar-refractivity contribution in [3.05, 3.63) is 0 Å². The maximum absolute atomic E-state index is 11.6. The number of carboxylic acid groups (broad SMARTS) is 1. The van der Waals surface area contributed by atoms with E-state index in [-0.39, 0.29) is 0 Å². The first-order chi connectivity index (χ1) is 10.7. The van der Waals surface area contributed by atoms with Crippen LogP contribution in [-0.2, 0) is 9.59 Å². The predicted molar refractivity (Wildman–Crippen MR) is 92.2 cm³/mol. The molecule has 130 valence electrons. The van der Waals surface area contributed by atoms with E-state index in [2.05, 4.69) is 6.92 Å². The van der Waals surface area contributed by atoms with Crippen molar-refractivity contribution in [1.29, 1.82) is 0 Å². The van der Waals surface area contributed by atoms with E-state index < -0.39 is 5.97 Å². The fourth-order valence-electron chi connectivity index (χ4n) is 2.71. The average molecular weight is 312 g/mol. The van der Waals surface area contributed by atoms with Crippen LogP contribution in [0.3, 0.4) is 0 Å². The van der Waals surface area contributed by atoms with Crippen LogP contribution in [-0.4, -0.2) is 16.9 Å². The third-order valence-corrected chi connectivity index (χ3v) is 4.16. The molecule has 0 radical (unpaired) electrons. The Bertz CT molecular complexity index is 274. The number of unbranched alkanes of at least 4 members (excludes halogenated alkanes) is 11. The van der Waals surface area contributed by atoms with Crippen molar-refractivity contribution >= 4 is 11.8 Å². The Labute approximate surface area is 136 Å². The first-order valence-electron chi connectivity index (χ1n) is 9.40. The van der Waals surface area contributed by atoms with Gasteiger partial charge in [-0.05, 0) is 19.3 Å². The summed E-state index contributed by atoms with van der Waals surface area (Å²) in [7, 11) is 0. The Kier molecular flexibility index (Phi) is 15.9. The van der Waals surface area contributed by atoms with E-state index in [9.17, 15) is 9.59 Å². The topological polar surface area (TPSA) is 54.4 Å². The number of hydrogen-bond donors (Lipinski definition) is 1. The number of aliphatic carboxylic acids is 1. The van der Waals surface area contributed by atoms with Gasteiger partial charge in [-0.25, -0.2) is 0 Å². The van der Waals surface area contributed by atoms with Crippen LogP contribution in [0.1, 0.15) is 110 Å². The maximum Gasteiger partial charge on any atom is 0.303 e. The number of rotatable bonds is 17. The van der Waals surface area contributed by atoms with Crippen molar-refractivity contribution in [1.82, 2.24) is 0 Å². The Morgan fingerprint density at radius 1 is 0.591 bits per heavy atom. The molecule has 0 unspecified atom stereocenters. The summed E-state index contributed by atoms with van der Waals surface area (Å²) in [6.07, 6.45) is 16.9. The lowest BCUT2D eigenvalue weighted by Crippen LogP contribution is -1.97. The summed E-state index contributed by atoms with van der Waals surface area (Å²) in [4.78, 5) is 22.0. The number of hydrogen-bond acceptors (Lipinski definition) is 2. The first kappa shape index (κ1) is 21.1. The fraction of sp³-hybridized carbons (Fsp3) is 0.895. The minimum atomic E-state index is -0.681. The minimum absolute atomic E-state index is 0.312. The van der Waals surface area contributed by atoms with Gasteiger partial charge in [-0.3, -0.25) is 9.59 Å². The molecule has 0 saturated carbocycles. The van der Waals surface area contributed by atoms with Crippen LogP contribution in [0.2, 0.25) is 0 Å². The van der Waals surface area contributed by atoms with Gasteiger partial charge in [0.05, 0.1) is 0 Å². The molecule has 0 saturated heterocycles. The lowest BCUT2D eigenvalue weighted by molar-refractivity contribution is -0.137. The molecule has 0 aliphatic heterocycles. The van der Waals surface area contributed by atoms with Crippen LogP contribution in [0.5, 0.6) is 0 Å². The molecule has 3 heteroatoms. The minimum Gasteiger partial charge on any atom is -0.481 e. The molecule has 0 atom stereocenters. The monoisotopic (exact) mass is 312 g/mol. The maximum atomic E-state index is 11.6. The second kappa shape index (κ2) is 16.5. The lowest BCUT2D eigenvalue weighted by atomic mass is 10.0. The molecule has 0 heterocycles. The highest BCUT2D eigenvalue weighted by molar-refractivity contribution is 5.78. The second-order valence-corrected chi connectivity index (χ2v) is 6.43. The van der Waals surface area contributed by atoms with Crippen molar-refractivity contribution in [3.63, 3.8) is 0 Å². The van der Waals surface area contributed by atoms with Gasteiger partial charge in [-0.1, -0.05) is 71.1 Å². The smallest absolute Gasteiger partial charge is 0.303 e. The van der Waals surface area contributed by atoms with E-state index in [1.54, 1.807) is 0 Å². The molecule has 0 amide bonds. The van der Waals surface area contributed by atoms with E-state index in [0.717, 1.165) is 44.9 Å². The van der Waals surface area contributed by atoms with Crippen LogP contribution in [0, 0.1) is 0 Å². The molecule has 0 spiro atoms. The fourth-order valence-corrected chi connectivity index (χ4v) is 2.71. The highest BCUT2D eigenvalue weighted by atomic mass is 16.4. The van der Waals surface area contributed by atoms with Crippen molar-refractivity contribution in [2.45, 2.75) is 110 Å². The van der Waals surface area contributed by atoms with Gasteiger partial charge < -0.3 is 5.11 Å². The predicted octanol–water partition coefficient (Wildman–Crippen LogP) is 5.90. The summed E-state index contributed by atoms with van der Waals surface area (Å²) in [5, 5.41) is 8.52. The van der Waals surface area contributed by atoms with Crippen molar-refractivity contribution in [3.8, 4) is 0 Å². The van der Waals surface area contributed by atoms with Crippen LogP contribution in [0.25, 0.3) is 0 Å². The van der Waals surface area contributed by atoms with Gasteiger partial charge in [0.1, 0.15) is 5.78 Å². The third-order valence-electron chi connectivity index (χ3n) is 4.16. The third kappa shape index (κ3) is 17.2. The van der Waals surface area contributed by atoms with Crippen LogP contribution in [0.15, 0.2) is 0 Å². The zero-order valence-electron chi connectivity index (χ0n) is 14.6. The van der Waals surface area contributed by atoms with E-state index in [4.69, 9.17) is 5.11 Å². The van der Waals surface area contributed by atoms with Gasteiger partial charge >= 0.3 is 5.97 Å². The molecule has 0 aliphatic carbocycles. The van der Waals surface area contributed by atoms with Gasteiger partial charge in [-0.2, -0.15) is 0 Å². The molecule has 0 bridgehead atoms. The number of carbonyl (C=O) groups excluding carboxylic acids is 1.